The van der Waals surface area contributed by atoms with E-state index in [2.05, 4.69) is 20.2 Å². The second-order valence-corrected chi connectivity index (χ2v) is 12.2. The van der Waals surface area contributed by atoms with Crippen LogP contribution in [0, 0.1) is 0 Å². The number of ether oxygens (including phenoxy) is 1. The molecule has 0 aliphatic carbocycles. The van der Waals surface area contributed by atoms with E-state index in [1.54, 1.807) is 45.3 Å². The van der Waals surface area contributed by atoms with Gasteiger partial charge in [0.25, 0.3) is 0 Å². The summed E-state index contributed by atoms with van der Waals surface area (Å²) in [6.45, 7) is 4.13. The summed E-state index contributed by atoms with van der Waals surface area (Å²) < 4.78 is 34.1. The highest BCUT2D eigenvalue weighted by Gasteiger charge is 2.28. The van der Waals surface area contributed by atoms with Gasteiger partial charge in [0.05, 0.1) is 24.6 Å². The fourth-order valence-corrected chi connectivity index (χ4v) is 5.28. The first-order chi connectivity index (χ1) is 19.9. The van der Waals surface area contributed by atoms with Crippen LogP contribution >= 0.6 is 0 Å². The van der Waals surface area contributed by atoms with Crippen LogP contribution in [0.5, 0.6) is 0 Å². The average molecular weight is 591 g/mol. The Morgan fingerprint density at radius 3 is 2.26 bits per heavy atom. The summed E-state index contributed by atoms with van der Waals surface area (Å²) in [7, 11) is -4.04. The number of carboxylic acids is 1. The highest BCUT2D eigenvalue weighted by atomic mass is 32.2. The van der Waals surface area contributed by atoms with Crippen LogP contribution in [-0.2, 0) is 32.6 Å². The monoisotopic (exact) mass is 590 g/mol. The van der Waals surface area contributed by atoms with Gasteiger partial charge in [-0.3, -0.25) is 14.7 Å². The lowest BCUT2D eigenvalue weighted by Crippen LogP contribution is -2.40. The summed E-state index contributed by atoms with van der Waals surface area (Å²) in [6.07, 6.45) is 5.08. The molecule has 0 aliphatic heterocycles. The van der Waals surface area contributed by atoms with Gasteiger partial charge in [-0.1, -0.05) is 30.3 Å². The van der Waals surface area contributed by atoms with Gasteiger partial charge in [-0.2, -0.15) is 14.5 Å². The van der Waals surface area contributed by atoms with Crippen LogP contribution in [0.4, 0.5) is 10.6 Å². The maximum absolute atomic E-state index is 13.7. The zero-order valence-corrected chi connectivity index (χ0v) is 24.1. The van der Waals surface area contributed by atoms with Crippen molar-refractivity contribution >= 4 is 27.9 Å². The Bertz CT molecular complexity index is 1630. The molecule has 0 radical (unpaired) electrons. The Kier molecular flexibility index (Phi) is 9.23. The zero-order valence-electron chi connectivity index (χ0n) is 23.3. The summed E-state index contributed by atoms with van der Waals surface area (Å²) in [5.74, 6) is -1.25. The van der Waals surface area contributed by atoms with Crippen molar-refractivity contribution in [2.75, 3.05) is 11.4 Å². The molecule has 4 rings (SSSR count). The lowest BCUT2D eigenvalue weighted by Gasteiger charge is -2.26. The van der Waals surface area contributed by atoms with E-state index in [1.807, 2.05) is 30.3 Å². The van der Waals surface area contributed by atoms with Crippen LogP contribution in [0.15, 0.2) is 90.3 Å². The summed E-state index contributed by atoms with van der Waals surface area (Å²) >= 11 is 0. The van der Waals surface area contributed by atoms with Crippen molar-refractivity contribution < 1.29 is 27.9 Å². The summed E-state index contributed by atoms with van der Waals surface area (Å²) in [5, 5.41) is 17.1. The molecule has 0 saturated heterocycles. The molecule has 12 nitrogen and oxygen atoms in total. The SMILES string of the molecule is CC(C)(C)OC(=O)N(CC(=O)O)c1cccc(CN(Cc2ccc(-c3ccnnc3)cc2)S(=O)(=O)c2cccnc2)n1. The molecule has 1 aromatic carbocycles. The van der Waals surface area contributed by atoms with Gasteiger partial charge < -0.3 is 9.84 Å². The topological polar surface area (TPSA) is 156 Å². The second-order valence-electron chi connectivity index (χ2n) is 10.2. The van der Waals surface area contributed by atoms with Crippen molar-refractivity contribution in [1.29, 1.82) is 0 Å². The lowest BCUT2D eigenvalue weighted by molar-refractivity contribution is -0.135. The average Bonchev–Trinajstić information content (AvgIpc) is 2.96. The first-order valence-corrected chi connectivity index (χ1v) is 14.3. The number of aromatic nitrogens is 4. The number of sulfonamides is 1. The minimum absolute atomic E-state index is 0.00175. The fraction of sp³-hybridized carbons (Fsp3) is 0.241. The molecule has 4 aromatic rings. The molecule has 0 spiro atoms. The Hall–Kier alpha value is -4.75. The molecule has 218 valence electrons. The van der Waals surface area contributed by atoms with Gasteiger partial charge in [0.1, 0.15) is 22.9 Å². The van der Waals surface area contributed by atoms with Gasteiger partial charge in [0.2, 0.25) is 10.0 Å². The number of amides is 1. The summed E-state index contributed by atoms with van der Waals surface area (Å²) in [4.78, 5) is 33.7. The van der Waals surface area contributed by atoms with Gasteiger partial charge >= 0.3 is 12.1 Å². The molecular formula is C29H30N6O6S. The van der Waals surface area contributed by atoms with E-state index in [9.17, 15) is 23.1 Å². The number of aliphatic carboxylic acids is 1. The second kappa shape index (κ2) is 12.8. The molecule has 3 aromatic heterocycles. The molecule has 3 heterocycles. The smallest absolute Gasteiger partial charge is 0.416 e. The zero-order chi connectivity index (χ0) is 30.3. The number of hydrogen-bond donors (Lipinski definition) is 1. The quantitative estimate of drug-likeness (QED) is 0.285. The minimum atomic E-state index is -4.04. The third-order valence-electron chi connectivity index (χ3n) is 5.82. The molecule has 0 aliphatic rings. The van der Waals surface area contributed by atoms with E-state index in [4.69, 9.17) is 4.74 Å². The molecule has 1 amide bonds. The molecule has 0 unspecified atom stereocenters. The molecule has 13 heteroatoms. The van der Waals surface area contributed by atoms with Crippen molar-refractivity contribution in [1.82, 2.24) is 24.5 Å². The Balaban J connectivity index is 1.66. The Morgan fingerprint density at radius 2 is 1.64 bits per heavy atom. The van der Waals surface area contributed by atoms with Gasteiger partial charge in [0.15, 0.2) is 0 Å². The number of rotatable bonds is 10. The van der Waals surface area contributed by atoms with Gasteiger partial charge in [-0.25, -0.2) is 18.2 Å². The van der Waals surface area contributed by atoms with Gasteiger partial charge in [-0.05, 0) is 62.2 Å². The third kappa shape index (κ3) is 7.92. The molecule has 0 fully saturated rings. The number of carboxylic acid groups (broad SMARTS) is 1. The number of carbonyl (C=O) groups is 2. The van der Waals surface area contributed by atoms with Crippen molar-refractivity contribution in [3.05, 3.63) is 96.7 Å². The fourth-order valence-electron chi connectivity index (χ4n) is 3.92. The van der Waals surface area contributed by atoms with Crippen LogP contribution in [0.1, 0.15) is 32.0 Å². The van der Waals surface area contributed by atoms with Crippen molar-refractivity contribution in [3.63, 3.8) is 0 Å². The van der Waals surface area contributed by atoms with E-state index in [-0.39, 0.29) is 23.8 Å². The number of anilines is 1. The third-order valence-corrected chi connectivity index (χ3v) is 7.59. The van der Waals surface area contributed by atoms with Crippen molar-refractivity contribution in [2.45, 2.75) is 44.4 Å². The van der Waals surface area contributed by atoms with Crippen LogP contribution in [0.25, 0.3) is 11.1 Å². The molecule has 0 bridgehead atoms. The highest BCUT2D eigenvalue weighted by molar-refractivity contribution is 7.89. The molecule has 0 atom stereocenters. The standard InChI is InChI=1S/C29H30N6O6S/c1-29(2,3)41-28(38)35(20-27(36)37)26-8-4-6-24(33-26)19-34(42(39,40)25-7-5-14-30-17-25)18-21-9-11-22(12-10-21)23-13-15-31-32-16-23/h4-17H,18-20H2,1-3H3,(H,36,37). The van der Waals surface area contributed by atoms with E-state index in [0.29, 0.717) is 11.3 Å². The van der Waals surface area contributed by atoms with Crippen molar-refractivity contribution in [2.24, 2.45) is 0 Å². The maximum atomic E-state index is 13.7. The van der Waals surface area contributed by atoms with Crippen LogP contribution in [0.2, 0.25) is 0 Å². The molecule has 42 heavy (non-hydrogen) atoms. The van der Waals surface area contributed by atoms with Crippen LogP contribution in [0.3, 0.4) is 0 Å². The Labute approximate surface area is 243 Å². The first-order valence-electron chi connectivity index (χ1n) is 12.9. The molecule has 1 N–H and O–H groups in total. The van der Waals surface area contributed by atoms with Crippen molar-refractivity contribution in [3.8, 4) is 11.1 Å². The van der Waals surface area contributed by atoms with E-state index in [1.165, 1.54) is 34.9 Å². The Morgan fingerprint density at radius 1 is 0.881 bits per heavy atom. The number of hydrogen-bond acceptors (Lipinski definition) is 9. The number of nitrogens with zero attached hydrogens (tertiary/aromatic N) is 6. The van der Waals surface area contributed by atoms with E-state index in [0.717, 1.165) is 16.0 Å². The lowest BCUT2D eigenvalue weighted by atomic mass is 10.1. The summed E-state index contributed by atoms with van der Waals surface area (Å²) in [6, 6.07) is 16.8. The maximum Gasteiger partial charge on any atom is 0.416 e. The van der Waals surface area contributed by atoms with Crippen LogP contribution in [-0.4, -0.2) is 62.2 Å². The predicted molar refractivity (Wildman–Crippen MR) is 154 cm³/mol. The van der Waals surface area contributed by atoms with Gasteiger partial charge in [-0.15, -0.1) is 0 Å². The van der Waals surface area contributed by atoms with Gasteiger partial charge in [0, 0.05) is 24.5 Å². The molecule has 0 saturated carbocycles. The number of pyridine rings is 2. The molecular weight excluding hydrogens is 560 g/mol. The minimum Gasteiger partial charge on any atom is -0.480 e. The van der Waals surface area contributed by atoms with Crippen LogP contribution < -0.4 is 4.90 Å². The summed E-state index contributed by atoms with van der Waals surface area (Å²) in [5.41, 5.74) is 1.89. The normalized spacial score (nSPS) is 11.7. The van der Waals surface area contributed by atoms with E-state index < -0.39 is 34.2 Å². The number of carbonyl (C=O) groups excluding carboxylic acids is 1. The predicted octanol–water partition coefficient (Wildman–Crippen LogP) is 4.15. The number of benzene rings is 1. The highest BCUT2D eigenvalue weighted by Crippen LogP contribution is 2.24. The first kappa shape index (κ1) is 30.2. The largest absolute Gasteiger partial charge is 0.480 e. The van der Waals surface area contributed by atoms with E-state index >= 15 is 0 Å².